The van der Waals surface area contributed by atoms with Crippen LogP contribution in [-0.4, -0.2) is 46.3 Å². The molecule has 0 bridgehead atoms. The van der Waals surface area contributed by atoms with Gasteiger partial charge >= 0.3 is 6.18 Å². The number of likely N-dealkylation sites (tertiary alicyclic amines) is 1. The molecule has 0 radical (unpaired) electrons. The molecule has 0 aliphatic carbocycles. The number of alkyl halides is 3. The topological polar surface area (TPSA) is 50.2 Å². The van der Waals surface area contributed by atoms with Gasteiger partial charge in [0.15, 0.2) is 5.69 Å². The molecule has 24 heavy (non-hydrogen) atoms. The second-order valence-electron chi connectivity index (χ2n) is 6.80. The first-order chi connectivity index (χ1) is 11.2. The summed E-state index contributed by atoms with van der Waals surface area (Å²) in [5.41, 5.74) is -1.56. The number of nitrogens with zero attached hydrogens (tertiary/aromatic N) is 3. The maximum Gasteiger partial charge on any atom is 0.435 e. The summed E-state index contributed by atoms with van der Waals surface area (Å²) in [6, 6.07) is 0.155. The molecule has 1 unspecified atom stereocenters. The standard InChI is InChI=1S/C16H25F3N4O/c1-11(2)8-12(23-6-4-5-7-23)9-20-15(24)13-10-22(3)21-14(13)16(17,18)19/h10-12H,4-9H2,1-3H3,(H,20,24). The maximum absolute atomic E-state index is 13.0. The SMILES string of the molecule is CC(C)CC(CNC(=O)c1cn(C)nc1C(F)(F)F)N1CCCC1. The Hall–Kier alpha value is -1.57. The van der Waals surface area contributed by atoms with E-state index in [9.17, 15) is 18.0 Å². The number of carbonyl (C=O) groups excluding carboxylic acids is 1. The summed E-state index contributed by atoms with van der Waals surface area (Å²) >= 11 is 0. The molecule has 1 saturated heterocycles. The predicted molar refractivity (Wildman–Crippen MR) is 84.6 cm³/mol. The highest BCUT2D eigenvalue weighted by atomic mass is 19.4. The molecule has 1 atom stereocenters. The quantitative estimate of drug-likeness (QED) is 0.862. The molecule has 5 nitrogen and oxygen atoms in total. The molecule has 1 aromatic heterocycles. The molecule has 1 aliphatic heterocycles. The summed E-state index contributed by atoms with van der Waals surface area (Å²) in [5.74, 6) is -0.264. The van der Waals surface area contributed by atoms with E-state index in [2.05, 4.69) is 29.2 Å². The Morgan fingerprint density at radius 3 is 2.50 bits per heavy atom. The highest BCUT2D eigenvalue weighted by Gasteiger charge is 2.39. The lowest BCUT2D eigenvalue weighted by molar-refractivity contribution is -0.141. The zero-order valence-electron chi connectivity index (χ0n) is 14.4. The second-order valence-corrected chi connectivity index (χ2v) is 6.80. The Kier molecular flexibility index (Phi) is 5.90. The highest BCUT2D eigenvalue weighted by Crippen LogP contribution is 2.30. The van der Waals surface area contributed by atoms with Crippen LogP contribution in [0, 0.1) is 5.92 Å². The molecule has 136 valence electrons. The van der Waals surface area contributed by atoms with Crippen LogP contribution in [0.1, 0.15) is 49.2 Å². The Bertz CT molecular complexity index is 562. The molecule has 0 spiro atoms. The van der Waals surface area contributed by atoms with Crippen molar-refractivity contribution in [1.82, 2.24) is 20.0 Å². The molecule has 1 N–H and O–H groups in total. The number of nitrogens with one attached hydrogen (secondary N) is 1. The van der Waals surface area contributed by atoms with Gasteiger partial charge in [-0.1, -0.05) is 13.8 Å². The summed E-state index contributed by atoms with van der Waals surface area (Å²) in [4.78, 5) is 14.6. The minimum atomic E-state index is -4.64. The van der Waals surface area contributed by atoms with Crippen LogP contribution >= 0.6 is 0 Å². The molecular weight excluding hydrogens is 321 g/mol. The van der Waals surface area contributed by atoms with Gasteiger partial charge < -0.3 is 5.32 Å². The van der Waals surface area contributed by atoms with Crippen molar-refractivity contribution < 1.29 is 18.0 Å². The molecule has 1 amide bonds. The summed E-state index contributed by atoms with van der Waals surface area (Å²) < 4.78 is 39.9. The van der Waals surface area contributed by atoms with Crippen molar-refractivity contribution in [2.75, 3.05) is 19.6 Å². The van der Waals surface area contributed by atoms with Gasteiger partial charge in [-0.05, 0) is 38.3 Å². The third-order valence-electron chi connectivity index (χ3n) is 4.24. The molecule has 1 fully saturated rings. The minimum absolute atomic E-state index is 0.155. The van der Waals surface area contributed by atoms with E-state index in [0.717, 1.165) is 43.2 Å². The predicted octanol–water partition coefficient (Wildman–Crippen LogP) is 2.68. The lowest BCUT2D eigenvalue weighted by Crippen LogP contribution is -2.43. The van der Waals surface area contributed by atoms with Crippen molar-refractivity contribution in [3.63, 3.8) is 0 Å². The van der Waals surface area contributed by atoms with Crippen LogP contribution in [0.5, 0.6) is 0 Å². The van der Waals surface area contributed by atoms with E-state index in [4.69, 9.17) is 0 Å². The van der Waals surface area contributed by atoms with Gasteiger partial charge in [0.2, 0.25) is 0 Å². The fraction of sp³-hybridized carbons (Fsp3) is 0.750. The summed E-state index contributed by atoms with van der Waals surface area (Å²) in [5, 5.41) is 6.05. The lowest BCUT2D eigenvalue weighted by Gasteiger charge is -2.29. The van der Waals surface area contributed by atoms with Crippen LogP contribution in [0.4, 0.5) is 13.2 Å². The lowest BCUT2D eigenvalue weighted by atomic mass is 10.0. The van der Waals surface area contributed by atoms with Crippen molar-refractivity contribution in [3.05, 3.63) is 17.5 Å². The van der Waals surface area contributed by atoms with Gasteiger partial charge in [0.1, 0.15) is 0 Å². The number of halogens is 3. The second kappa shape index (κ2) is 7.55. The number of aromatic nitrogens is 2. The molecule has 1 aliphatic rings. The molecule has 0 aromatic carbocycles. The van der Waals surface area contributed by atoms with E-state index in [1.54, 1.807) is 0 Å². The summed E-state index contributed by atoms with van der Waals surface area (Å²) in [6.07, 6.45) is -0.363. The Morgan fingerprint density at radius 1 is 1.33 bits per heavy atom. The van der Waals surface area contributed by atoms with E-state index < -0.39 is 23.3 Å². The monoisotopic (exact) mass is 346 g/mol. The van der Waals surface area contributed by atoms with Crippen LogP contribution in [-0.2, 0) is 13.2 Å². The number of amides is 1. The molecular formula is C16H25F3N4O. The molecule has 1 aromatic rings. The normalized spacial score (nSPS) is 17.5. The first-order valence-electron chi connectivity index (χ1n) is 8.31. The minimum Gasteiger partial charge on any atom is -0.350 e. The number of hydrogen-bond donors (Lipinski definition) is 1. The number of carbonyl (C=O) groups is 1. The third kappa shape index (κ3) is 4.72. The first-order valence-corrected chi connectivity index (χ1v) is 8.31. The first kappa shape index (κ1) is 18.8. The highest BCUT2D eigenvalue weighted by molar-refractivity contribution is 5.95. The smallest absolute Gasteiger partial charge is 0.350 e. The Morgan fingerprint density at radius 2 is 1.96 bits per heavy atom. The van der Waals surface area contributed by atoms with Crippen molar-refractivity contribution in [2.45, 2.75) is 45.3 Å². The number of rotatable bonds is 6. The Labute approximate surface area is 140 Å². The van der Waals surface area contributed by atoms with Crippen molar-refractivity contribution in [1.29, 1.82) is 0 Å². The Balaban J connectivity index is 2.05. The largest absolute Gasteiger partial charge is 0.435 e. The zero-order valence-corrected chi connectivity index (χ0v) is 14.4. The zero-order chi connectivity index (χ0) is 17.9. The summed E-state index contributed by atoms with van der Waals surface area (Å²) in [7, 11) is 1.37. The fourth-order valence-corrected chi connectivity index (χ4v) is 3.18. The fourth-order valence-electron chi connectivity index (χ4n) is 3.18. The van der Waals surface area contributed by atoms with Gasteiger partial charge in [0.25, 0.3) is 5.91 Å². The average molecular weight is 346 g/mol. The maximum atomic E-state index is 13.0. The summed E-state index contributed by atoms with van der Waals surface area (Å²) in [6.45, 7) is 6.52. The van der Waals surface area contributed by atoms with Gasteiger partial charge in [-0.25, -0.2) is 0 Å². The van der Waals surface area contributed by atoms with E-state index in [1.165, 1.54) is 7.05 Å². The average Bonchev–Trinajstić information content (AvgIpc) is 3.11. The number of hydrogen-bond acceptors (Lipinski definition) is 3. The molecule has 2 heterocycles. The number of aryl methyl sites for hydroxylation is 1. The van der Waals surface area contributed by atoms with Gasteiger partial charge in [-0.3, -0.25) is 14.4 Å². The molecule has 0 saturated carbocycles. The van der Waals surface area contributed by atoms with E-state index >= 15 is 0 Å². The van der Waals surface area contributed by atoms with Crippen LogP contribution in [0.25, 0.3) is 0 Å². The van der Waals surface area contributed by atoms with E-state index in [-0.39, 0.29) is 6.04 Å². The van der Waals surface area contributed by atoms with Crippen LogP contribution in [0.3, 0.4) is 0 Å². The van der Waals surface area contributed by atoms with Crippen molar-refractivity contribution in [3.8, 4) is 0 Å². The van der Waals surface area contributed by atoms with E-state index in [0.29, 0.717) is 12.5 Å². The van der Waals surface area contributed by atoms with Gasteiger partial charge in [0.05, 0.1) is 5.56 Å². The van der Waals surface area contributed by atoms with Gasteiger partial charge in [0, 0.05) is 25.8 Å². The van der Waals surface area contributed by atoms with Gasteiger partial charge in [-0.15, -0.1) is 0 Å². The van der Waals surface area contributed by atoms with Gasteiger partial charge in [-0.2, -0.15) is 18.3 Å². The van der Waals surface area contributed by atoms with Crippen LogP contribution in [0.15, 0.2) is 6.20 Å². The molecule has 2 rings (SSSR count). The molecule has 8 heteroatoms. The van der Waals surface area contributed by atoms with Crippen molar-refractivity contribution >= 4 is 5.91 Å². The van der Waals surface area contributed by atoms with Crippen molar-refractivity contribution in [2.24, 2.45) is 13.0 Å². The van der Waals surface area contributed by atoms with E-state index in [1.807, 2.05) is 0 Å². The third-order valence-corrected chi connectivity index (χ3v) is 4.24. The van der Waals surface area contributed by atoms with Crippen LogP contribution in [0.2, 0.25) is 0 Å². The van der Waals surface area contributed by atoms with Crippen LogP contribution < -0.4 is 5.32 Å².